The Bertz CT molecular complexity index is 109. The van der Waals surface area contributed by atoms with Crippen molar-refractivity contribution in [2.75, 3.05) is 27.7 Å². The third-order valence-electron chi connectivity index (χ3n) is 1.07. The molecule has 0 aromatic carbocycles. The highest BCUT2D eigenvalue weighted by Crippen LogP contribution is 1.94. The molecule has 0 unspecified atom stereocenters. The largest absolute Gasteiger partial charge is 1.00 e. The molecule has 0 radical (unpaired) electrons. The molecule has 0 aromatic rings. The molecule has 0 rings (SSSR count). The number of aliphatic hydroxyl groups is 1. The summed E-state index contributed by atoms with van der Waals surface area (Å²) in [6.45, 7) is -0.0473. The maximum atomic E-state index is 10.9. The highest BCUT2D eigenvalue weighted by Gasteiger charge is 2.18. The maximum Gasteiger partial charge on any atom is 0.315 e. The van der Waals surface area contributed by atoms with Crippen LogP contribution in [0, 0.1) is 0 Å². The van der Waals surface area contributed by atoms with Gasteiger partial charge < -0.3 is 17.5 Å². The van der Waals surface area contributed by atoms with E-state index in [2.05, 4.69) is 0 Å². The number of quaternary nitrogens is 1. The molecule has 0 saturated carbocycles. The summed E-state index contributed by atoms with van der Waals surface area (Å²) in [5.74, 6) is 0.0532. The molecule has 10 heavy (non-hydrogen) atoms. The van der Waals surface area contributed by atoms with Gasteiger partial charge in [-0.05, 0) is 0 Å². The van der Waals surface area contributed by atoms with E-state index in [1.165, 1.54) is 0 Å². The monoisotopic (exact) mass is 167 g/mol. The van der Waals surface area contributed by atoms with E-state index < -0.39 is 0 Å². The Kier molecular flexibility index (Phi) is 5.84. The lowest BCUT2D eigenvalue weighted by atomic mass is 10.4. The Morgan fingerprint density at radius 2 is 1.80 bits per heavy atom. The van der Waals surface area contributed by atoms with Gasteiger partial charge in [-0.15, -0.1) is 0 Å². The zero-order valence-electron chi connectivity index (χ0n) is 6.59. The number of hydrogen-bond donors (Lipinski definition) is 1. The summed E-state index contributed by atoms with van der Waals surface area (Å²) in [7, 11) is 5.37. The Labute approximate surface area is 67.6 Å². The SMILES string of the molecule is C[N+](C)(C)C(=O)CCO.[Cl-]. The van der Waals surface area contributed by atoms with E-state index in [0.717, 1.165) is 0 Å². The molecule has 4 heteroatoms. The summed E-state index contributed by atoms with van der Waals surface area (Å²) in [5, 5.41) is 8.37. The molecule has 1 amide bonds. The Morgan fingerprint density at radius 1 is 1.40 bits per heavy atom. The number of nitrogens with zero attached hydrogens (tertiary/aromatic N) is 1. The van der Waals surface area contributed by atoms with Crippen molar-refractivity contribution in [1.82, 2.24) is 0 Å². The van der Waals surface area contributed by atoms with Gasteiger partial charge in [-0.1, -0.05) is 0 Å². The molecule has 0 saturated heterocycles. The lowest BCUT2D eigenvalue weighted by Crippen LogP contribution is -3.00. The molecule has 3 nitrogen and oxygen atoms in total. The van der Waals surface area contributed by atoms with Gasteiger partial charge in [0.1, 0.15) is 0 Å². The summed E-state index contributed by atoms with van der Waals surface area (Å²) in [6, 6.07) is 0. The van der Waals surface area contributed by atoms with Crippen LogP contribution in [0.5, 0.6) is 0 Å². The first-order valence-corrected chi connectivity index (χ1v) is 2.94. The van der Waals surface area contributed by atoms with E-state index in [1.54, 1.807) is 21.1 Å². The molecule has 62 valence electrons. The van der Waals surface area contributed by atoms with Crippen molar-refractivity contribution in [3.8, 4) is 0 Å². The summed E-state index contributed by atoms with van der Waals surface area (Å²) in [4.78, 5) is 10.9. The predicted molar refractivity (Wildman–Crippen MR) is 34.7 cm³/mol. The summed E-state index contributed by atoms with van der Waals surface area (Å²) < 4.78 is 0.292. The minimum absolute atomic E-state index is 0. The van der Waals surface area contributed by atoms with E-state index in [9.17, 15) is 4.79 Å². The van der Waals surface area contributed by atoms with Crippen molar-refractivity contribution < 1.29 is 26.8 Å². The van der Waals surface area contributed by atoms with Crippen molar-refractivity contribution in [2.24, 2.45) is 0 Å². The fourth-order valence-corrected chi connectivity index (χ4v) is 0.431. The minimum Gasteiger partial charge on any atom is -1.00 e. The molecule has 0 spiro atoms. The Hall–Kier alpha value is -0.120. The lowest BCUT2D eigenvalue weighted by molar-refractivity contribution is -0.792. The average molecular weight is 168 g/mol. The number of rotatable bonds is 2. The molecule has 0 heterocycles. The van der Waals surface area contributed by atoms with Crippen LogP contribution < -0.4 is 12.4 Å². The molecule has 0 aromatic heterocycles. The van der Waals surface area contributed by atoms with Gasteiger partial charge >= 0.3 is 5.91 Å². The molecule has 0 fully saturated rings. The van der Waals surface area contributed by atoms with Crippen LogP contribution in [0.15, 0.2) is 0 Å². The summed E-state index contributed by atoms with van der Waals surface area (Å²) in [5.41, 5.74) is 0. The zero-order valence-corrected chi connectivity index (χ0v) is 7.35. The smallest absolute Gasteiger partial charge is 0.315 e. The van der Waals surface area contributed by atoms with Crippen molar-refractivity contribution in [3.05, 3.63) is 0 Å². The molecule has 0 aliphatic heterocycles. The number of hydrogen-bond acceptors (Lipinski definition) is 2. The number of carbonyl (C=O) groups is 1. The van der Waals surface area contributed by atoms with Crippen LogP contribution in [0.3, 0.4) is 0 Å². The number of amides is 1. The average Bonchev–Trinajstić information content (AvgIpc) is 1.64. The second kappa shape index (κ2) is 4.66. The number of aliphatic hydroxyl groups excluding tert-OH is 1. The van der Waals surface area contributed by atoms with Crippen LogP contribution in [0.4, 0.5) is 0 Å². The first-order valence-electron chi connectivity index (χ1n) is 2.94. The molecule has 1 N–H and O–H groups in total. The van der Waals surface area contributed by atoms with E-state index in [4.69, 9.17) is 5.11 Å². The highest BCUT2D eigenvalue weighted by atomic mass is 35.5. The van der Waals surface area contributed by atoms with E-state index >= 15 is 0 Å². The van der Waals surface area contributed by atoms with E-state index in [-0.39, 0.29) is 31.3 Å². The maximum absolute atomic E-state index is 10.9. The molecular weight excluding hydrogens is 154 g/mol. The van der Waals surface area contributed by atoms with Crippen LogP contribution in [0.25, 0.3) is 0 Å². The Balaban J connectivity index is 0. The predicted octanol–water partition coefficient (Wildman–Crippen LogP) is -3.39. The fraction of sp³-hybridized carbons (Fsp3) is 0.833. The van der Waals surface area contributed by atoms with Gasteiger partial charge in [0.15, 0.2) is 0 Å². The first kappa shape index (κ1) is 12.5. The normalized spacial score (nSPS) is 10.4. The molecular formula is C6H14ClNO2. The van der Waals surface area contributed by atoms with Crippen molar-refractivity contribution in [1.29, 1.82) is 0 Å². The molecule has 0 bridgehead atoms. The lowest BCUT2D eigenvalue weighted by Gasteiger charge is -2.19. The first-order chi connectivity index (χ1) is 3.98. The second-order valence-electron chi connectivity index (χ2n) is 2.88. The molecule has 0 aliphatic rings. The third kappa shape index (κ3) is 4.73. The quantitative estimate of drug-likeness (QED) is 0.436. The van der Waals surface area contributed by atoms with Crippen LogP contribution >= 0.6 is 0 Å². The van der Waals surface area contributed by atoms with Gasteiger partial charge in [0.2, 0.25) is 0 Å². The minimum atomic E-state index is -0.0473. The van der Waals surface area contributed by atoms with E-state index in [1.807, 2.05) is 0 Å². The summed E-state index contributed by atoms with van der Waals surface area (Å²) in [6.07, 6.45) is 0.253. The highest BCUT2D eigenvalue weighted by molar-refractivity contribution is 5.68. The summed E-state index contributed by atoms with van der Waals surface area (Å²) >= 11 is 0. The molecule has 0 atom stereocenters. The zero-order chi connectivity index (χ0) is 7.49. The van der Waals surface area contributed by atoms with Crippen molar-refractivity contribution >= 4 is 5.91 Å². The topological polar surface area (TPSA) is 37.3 Å². The van der Waals surface area contributed by atoms with Crippen LogP contribution in [0.2, 0.25) is 0 Å². The van der Waals surface area contributed by atoms with Crippen molar-refractivity contribution in [3.63, 3.8) is 0 Å². The van der Waals surface area contributed by atoms with Gasteiger partial charge in [0.05, 0.1) is 34.2 Å². The van der Waals surface area contributed by atoms with Crippen LogP contribution in [-0.2, 0) is 4.79 Å². The standard InChI is InChI=1S/C6H14NO2.ClH/c1-7(2,3)6(9)4-5-8;/h8H,4-5H2,1-3H3;1H/q+1;/p-1. The van der Waals surface area contributed by atoms with Gasteiger partial charge in [-0.2, -0.15) is 0 Å². The number of carbonyl (C=O) groups excluding carboxylic acids is 1. The van der Waals surface area contributed by atoms with Gasteiger partial charge in [0.25, 0.3) is 0 Å². The van der Waals surface area contributed by atoms with Gasteiger partial charge in [0, 0.05) is 0 Å². The van der Waals surface area contributed by atoms with Gasteiger partial charge in [-0.3, -0.25) is 4.48 Å². The second-order valence-corrected chi connectivity index (χ2v) is 2.88. The number of halogens is 1. The third-order valence-corrected chi connectivity index (χ3v) is 1.07. The van der Waals surface area contributed by atoms with Gasteiger partial charge in [-0.25, -0.2) is 4.79 Å². The van der Waals surface area contributed by atoms with Crippen molar-refractivity contribution in [2.45, 2.75) is 6.42 Å². The molecule has 0 aliphatic carbocycles. The van der Waals surface area contributed by atoms with Crippen LogP contribution in [-0.4, -0.2) is 43.2 Å². The fourth-order valence-electron chi connectivity index (χ4n) is 0.431. The van der Waals surface area contributed by atoms with Crippen LogP contribution in [0.1, 0.15) is 6.42 Å². The Morgan fingerprint density at radius 3 is 1.90 bits per heavy atom. The van der Waals surface area contributed by atoms with E-state index in [0.29, 0.717) is 4.48 Å².